The molecule has 1 aliphatic carbocycles. The zero-order valence-corrected chi connectivity index (χ0v) is 13.4. The normalized spacial score (nSPS) is 14.9. The smallest absolute Gasteiger partial charge is 0.336 e. The predicted molar refractivity (Wildman–Crippen MR) is 80.8 cm³/mol. The Morgan fingerprint density at radius 2 is 2.05 bits per heavy atom. The fourth-order valence-corrected chi connectivity index (χ4v) is 3.75. The lowest BCUT2D eigenvalue weighted by molar-refractivity contribution is 0.0698. The second-order valence-corrected chi connectivity index (χ2v) is 6.63. The topological polar surface area (TPSA) is 50.2 Å². The molecule has 0 unspecified atom stereocenters. The molecular formula is C14H11Br2NO2. The van der Waals surface area contributed by atoms with E-state index in [1.54, 1.807) is 0 Å². The summed E-state index contributed by atoms with van der Waals surface area (Å²) in [4.78, 5) is 16.3. The van der Waals surface area contributed by atoms with Gasteiger partial charge in [-0.15, -0.1) is 0 Å². The number of halogens is 2. The first kappa shape index (κ1) is 13.1. The van der Waals surface area contributed by atoms with Crippen molar-refractivity contribution in [3.05, 3.63) is 37.9 Å². The van der Waals surface area contributed by atoms with E-state index in [2.05, 4.69) is 36.8 Å². The van der Waals surface area contributed by atoms with E-state index in [4.69, 9.17) is 0 Å². The highest BCUT2D eigenvalue weighted by Gasteiger charge is 2.30. The zero-order chi connectivity index (χ0) is 13.7. The number of aromatic carboxylic acids is 1. The van der Waals surface area contributed by atoms with Crippen molar-refractivity contribution in [1.82, 2.24) is 4.98 Å². The molecule has 0 saturated heterocycles. The molecule has 98 valence electrons. The molecule has 1 aliphatic rings. The molecule has 1 heterocycles. The van der Waals surface area contributed by atoms with E-state index in [1.807, 2.05) is 19.1 Å². The lowest BCUT2D eigenvalue weighted by Crippen LogP contribution is -2.06. The van der Waals surface area contributed by atoms with Gasteiger partial charge in [0.05, 0.1) is 11.1 Å². The van der Waals surface area contributed by atoms with Crippen molar-refractivity contribution in [2.75, 3.05) is 0 Å². The summed E-state index contributed by atoms with van der Waals surface area (Å²) in [6, 6.07) is 3.72. The number of carboxylic acids is 1. The number of aromatic nitrogens is 1. The van der Waals surface area contributed by atoms with Crippen molar-refractivity contribution in [1.29, 1.82) is 0 Å². The number of nitrogens with zero attached hydrogens (tertiary/aromatic N) is 1. The minimum atomic E-state index is -0.892. The van der Waals surface area contributed by atoms with Crippen LogP contribution < -0.4 is 0 Å². The van der Waals surface area contributed by atoms with Crippen LogP contribution in [0.3, 0.4) is 0 Å². The van der Waals surface area contributed by atoms with Gasteiger partial charge in [0.25, 0.3) is 0 Å². The molecule has 0 spiro atoms. The van der Waals surface area contributed by atoms with Crippen LogP contribution in [0.25, 0.3) is 10.9 Å². The predicted octanol–water partition coefficient (Wildman–Crippen LogP) is 4.64. The molecule has 0 radical (unpaired) electrons. The number of carboxylic acid groups (broad SMARTS) is 1. The van der Waals surface area contributed by atoms with Gasteiger partial charge >= 0.3 is 5.97 Å². The van der Waals surface area contributed by atoms with E-state index in [0.717, 1.165) is 38.6 Å². The van der Waals surface area contributed by atoms with Gasteiger partial charge in [-0.3, -0.25) is 4.98 Å². The first-order chi connectivity index (χ1) is 8.99. The lowest BCUT2D eigenvalue weighted by atomic mass is 9.99. The Balaban J connectivity index is 2.44. The van der Waals surface area contributed by atoms with E-state index in [-0.39, 0.29) is 0 Å². The molecule has 19 heavy (non-hydrogen) atoms. The van der Waals surface area contributed by atoms with Crippen LogP contribution in [0.2, 0.25) is 0 Å². The maximum Gasteiger partial charge on any atom is 0.336 e. The Bertz CT molecular complexity index is 708. The molecule has 2 aromatic rings. The molecule has 1 N–H and O–H groups in total. The Morgan fingerprint density at radius 3 is 2.63 bits per heavy atom. The highest BCUT2D eigenvalue weighted by atomic mass is 79.9. The number of pyridine rings is 1. The minimum absolute atomic E-state index is 0.369. The van der Waals surface area contributed by atoms with E-state index < -0.39 is 5.97 Å². The maximum absolute atomic E-state index is 11.6. The van der Waals surface area contributed by atoms with Crippen LogP contribution in [-0.4, -0.2) is 16.1 Å². The van der Waals surface area contributed by atoms with Crippen molar-refractivity contribution < 1.29 is 9.90 Å². The molecular weight excluding hydrogens is 374 g/mol. The van der Waals surface area contributed by atoms with Crippen LogP contribution in [0.15, 0.2) is 21.1 Å². The molecule has 0 aliphatic heterocycles. The number of carbonyl (C=O) groups is 1. The first-order valence-electron chi connectivity index (χ1n) is 6.01. The number of hydrogen-bond donors (Lipinski definition) is 1. The molecule has 3 nitrogen and oxygen atoms in total. The van der Waals surface area contributed by atoms with Gasteiger partial charge in [-0.05, 0) is 53.4 Å². The molecule has 0 atom stereocenters. The van der Waals surface area contributed by atoms with Crippen LogP contribution in [0, 0.1) is 6.92 Å². The van der Waals surface area contributed by atoms with Crippen LogP contribution in [0.1, 0.15) is 40.4 Å². The summed E-state index contributed by atoms with van der Waals surface area (Å²) in [5.74, 6) is -0.463. The van der Waals surface area contributed by atoms with Gasteiger partial charge in [0.1, 0.15) is 0 Å². The molecule has 0 bridgehead atoms. The van der Waals surface area contributed by atoms with Gasteiger partial charge in [-0.1, -0.05) is 15.9 Å². The van der Waals surface area contributed by atoms with Crippen molar-refractivity contribution in [2.45, 2.75) is 25.7 Å². The summed E-state index contributed by atoms with van der Waals surface area (Å²) in [5.41, 5.74) is 2.84. The fraction of sp³-hybridized carbons (Fsp3) is 0.286. The second kappa shape index (κ2) is 4.56. The second-order valence-electron chi connectivity index (χ2n) is 4.86. The van der Waals surface area contributed by atoms with Gasteiger partial charge in [0.15, 0.2) is 0 Å². The van der Waals surface area contributed by atoms with E-state index in [1.165, 1.54) is 0 Å². The summed E-state index contributed by atoms with van der Waals surface area (Å²) in [7, 11) is 0. The van der Waals surface area contributed by atoms with Crippen molar-refractivity contribution in [3.8, 4) is 0 Å². The van der Waals surface area contributed by atoms with E-state index in [0.29, 0.717) is 16.9 Å². The molecule has 1 aromatic carbocycles. The van der Waals surface area contributed by atoms with Gasteiger partial charge < -0.3 is 5.11 Å². The minimum Gasteiger partial charge on any atom is -0.478 e. The molecule has 0 amide bonds. The average Bonchev–Trinajstić information content (AvgIpc) is 3.11. The van der Waals surface area contributed by atoms with Crippen LogP contribution in [-0.2, 0) is 0 Å². The van der Waals surface area contributed by atoms with Gasteiger partial charge in [0, 0.05) is 25.9 Å². The molecule has 1 fully saturated rings. The SMILES string of the molecule is Cc1c(C2CC2)nc2c(Br)cc(Br)cc2c1C(=O)O. The summed E-state index contributed by atoms with van der Waals surface area (Å²) < 4.78 is 1.66. The summed E-state index contributed by atoms with van der Waals surface area (Å²) in [5, 5.41) is 10.2. The fourth-order valence-electron chi connectivity index (χ4n) is 2.43. The Kier molecular flexibility index (Phi) is 3.14. The highest BCUT2D eigenvalue weighted by molar-refractivity contribution is 9.11. The van der Waals surface area contributed by atoms with Crippen molar-refractivity contribution in [2.24, 2.45) is 0 Å². The van der Waals surface area contributed by atoms with Crippen LogP contribution in [0.4, 0.5) is 0 Å². The van der Waals surface area contributed by atoms with E-state index in [9.17, 15) is 9.90 Å². The molecule has 1 saturated carbocycles. The largest absolute Gasteiger partial charge is 0.478 e. The number of hydrogen-bond acceptors (Lipinski definition) is 2. The Morgan fingerprint density at radius 1 is 1.37 bits per heavy atom. The van der Waals surface area contributed by atoms with Crippen LogP contribution in [0.5, 0.6) is 0 Å². The highest BCUT2D eigenvalue weighted by Crippen LogP contribution is 2.43. The van der Waals surface area contributed by atoms with Crippen molar-refractivity contribution in [3.63, 3.8) is 0 Å². The summed E-state index contributed by atoms with van der Waals surface area (Å²) >= 11 is 6.87. The number of benzene rings is 1. The first-order valence-corrected chi connectivity index (χ1v) is 7.60. The number of fused-ring (bicyclic) bond motifs is 1. The standard InChI is InChI=1S/C14H11Br2NO2/c1-6-11(14(18)19)9-4-8(15)5-10(16)13(9)17-12(6)7-2-3-7/h4-5,7H,2-3H2,1H3,(H,18,19). The maximum atomic E-state index is 11.6. The Labute approximate surface area is 127 Å². The molecule has 1 aromatic heterocycles. The third-order valence-electron chi connectivity index (χ3n) is 3.47. The van der Waals surface area contributed by atoms with Crippen LogP contribution >= 0.6 is 31.9 Å². The average molecular weight is 385 g/mol. The lowest BCUT2D eigenvalue weighted by Gasteiger charge is -2.12. The molecule has 3 rings (SSSR count). The third kappa shape index (κ3) is 2.19. The summed E-state index contributed by atoms with van der Waals surface area (Å²) in [6.07, 6.45) is 2.21. The molecule has 5 heteroatoms. The third-order valence-corrected chi connectivity index (χ3v) is 4.53. The zero-order valence-electron chi connectivity index (χ0n) is 10.2. The monoisotopic (exact) mass is 383 g/mol. The van der Waals surface area contributed by atoms with E-state index >= 15 is 0 Å². The number of rotatable bonds is 2. The van der Waals surface area contributed by atoms with Gasteiger partial charge in [-0.2, -0.15) is 0 Å². The summed E-state index contributed by atoms with van der Waals surface area (Å²) in [6.45, 7) is 1.86. The Hall–Kier alpha value is -0.940. The van der Waals surface area contributed by atoms with Crippen molar-refractivity contribution >= 4 is 48.7 Å². The quantitative estimate of drug-likeness (QED) is 0.820. The van der Waals surface area contributed by atoms with Gasteiger partial charge in [0.2, 0.25) is 0 Å². The van der Waals surface area contributed by atoms with Gasteiger partial charge in [-0.25, -0.2) is 4.79 Å².